The minimum Gasteiger partial charge on any atom is -0.480 e. The van der Waals surface area contributed by atoms with Gasteiger partial charge in [-0.05, 0) is 43.9 Å². The van der Waals surface area contributed by atoms with E-state index in [1.807, 2.05) is 32.9 Å². The number of aryl methyl sites for hydroxylation is 3. The van der Waals surface area contributed by atoms with Crippen LogP contribution in [0.5, 0.6) is 0 Å². The van der Waals surface area contributed by atoms with E-state index >= 15 is 0 Å². The Balaban J connectivity index is 2.98. The smallest absolute Gasteiger partial charge is 0.319 e. The van der Waals surface area contributed by atoms with E-state index in [1.54, 1.807) is 6.92 Å². The third-order valence-electron chi connectivity index (χ3n) is 3.09. The van der Waals surface area contributed by atoms with Crippen LogP contribution >= 0.6 is 0 Å². The standard InChI is InChI=1S/C14H20O3S/c1-5-13(14(15)16)18(17)8-12-10(3)6-9(2)7-11(12)4/h6-7,13H,5,8H2,1-4H3,(H,15,16). The number of carboxylic acids is 1. The summed E-state index contributed by atoms with van der Waals surface area (Å²) in [5.41, 5.74) is 4.35. The van der Waals surface area contributed by atoms with Crippen molar-refractivity contribution in [2.24, 2.45) is 0 Å². The third kappa shape index (κ3) is 3.42. The number of benzene rings is 1. The van der Waals surface area contributed by atoms with Crippen molar-refractivity contribution in [2.75, 3.05) is 0 Å². The van der Waals surface area contributed by atoms with Gasteiger partial charge in [0, 0.05) is 16.6 Å². The first-order chi connectivity index (χ1) is 8.36. The first kappa shape index (κ1) is 14.9. The number of aliphatic carboxylic acids is 1. The molecule has 0 saturated carbocycles. The molecule has 2 atom stereocenters. The zero-order valence-corrected chi connectivity index (χ0v) is 12.1. The van der Waals surface area contributed by atoms with Gasteiger partial charge in [-0.3, -0.25) is 9.00 Å². The number of carbonyl (C=O) groups is 1. The molecular formula is C14H20O3S. The summed E-state index contributed by atoms with van der Waals surface area (Å²) in [7, 11) is -1.37. The van der Waals surface area contributed by atoms with Crippen LogP contribution in [0.2, 0.25) is 0 Å². The van der Waals surface area contributed by atoms with Crippen LogP contribution in [-0.4, -0.2) is 20.5 Å². The van der Waals surface area contributed by atoms with Crippen molar-refractivity contribution in [3.8, 4) is 0 Å². The molecule has 0 aliphatic carbocycles. The van der Waals surface area contributed by atoms with Gasteiger partial charge in [0.15, 0.2) is 0 Å². The molecule has 1 rings (SSSR count). The van der Waals surface area contributed by atoms with Gasteiger partial charge in [-0.15, -0.1) is 0 Å². The van der Waals surface area contributed by atoms with Crippen molar-refractivity contribution in [2.45, 2.75) is 45.1 Å². The predicted molar refractivity (Wildman–Crippen MR) is 74.2 cm³/mol. The second-order valence-electron chi connectivity index (χ2n) is 4.64. The maximum atomic E-state index is 12.1. The van der Waals surface area contributed by atoms with Crippen LogP contribution in [0.1, 0.15) is 35.6 Å². The van der Waals surface area contributed by atoms with E-state index in [-0.39, 0.29) is 0 Å². The average Bonchev–Trinajstić information content (AvgIpc) is 2.23. The van der Waals surface area contributed by atoms with E-state index < -0.39 is 22.0 Å². The summed E-state index contributed by atoms with van der Waals surface area (Å²) < 4.78 is 12.1. The summed E-state index contributed by atoms with van der Waals surface area (Å²) in [5, 5.41) is 8.24. The van der Waals surface area contributed by atoms with Crippen LogP contribution in [0.4, 0.5) is 0 Å². The van der Waals surface area contributed by atoms with E-state index in [4.69, 9.17) is 5.11 Å². The molecule has 1 aromatic carbocycles. The first-order valence-electron chi connectivity index (χ1n) is 6.03. The Morgan fingerprint density at radius 1 is 1.28 bits per heavy atom. The minimum atomic E-state index is -1.37. The maximum absolute atomic E-state index is 12.1. The van der Waals surface area contributed by atoms with E-state index in [2.05, 4.69) is 0 Å². The van der Waals surface area contributed by atoms with Crippen molar-refractivity contribution < 1.29 is 14.1 Å². The van der Waals surface area contributed by atoms with Crippen LogP contribution < -0.4 is 0 Å². The molecule has 0 spiro atoms. The highest BCUT2D eigenvalue weighted by Crippen LogP contribution is 2.20. The topological polar surface area (TPSA) is 54.4 Å². The van der Waals surface area contributed by atoms with Crippen LogP contribution in [-0.2, 0) is 21.3 Å². The van der Waals surface area contributed by atoms with E-state index in [0.29, 0.717) is 12.2 Å². The van der Waals surface area contributed by atoms with Gasteiger partial charge < -0.3 is 5.11 Å². The van der Waals surface area contributed by atoms with E-state index in [9.17, 15) is 9.00 Å². The molecule has 0 heterocycles. The molecule has 2 unspecified atom stereocenters. The molecule has 4 heteroatoms. The Labute approximate surface area is 111 Å². The van der Waals surface area contributed by atoms with Gasteiger partial charge in [0.25, 0.3) is 0 Å². The SMILES string of the molecule is CCC(C(=O)O)S(=O)Cc1c(C)cc(C)cc1C. The largest absolute Gasteiger partial charge is 0.480 e. The van der Waals surface area contributed by atoms with Crippen LogP contribution in [0.25, 0.3) is 0 Å². The van der Waals surface area contributed by atoms with Gasteiger partial charge in [-0.2, -0.15) is 0 Å². The normalized spacial score (nSPS) is 14.2. The zero-order chi connectivity index (χ0) is 13.9. The predicted octanol–water partition coefficient (Wildman–Crippen LogP) is 2.72. The second-order valence-corrected chi connectivity index (χ2v) is 6.26. The summed E-state index contributed by atoms with van der Waals surface area (Å²) in [6.45, 7) is 7.74. The lowest BCUT2D eigenvalue weighted by atomic mass is 10.0. The lowest BCUT2D eigenvalue weighted by molar-refractivity contribution is -0.136. The lowest BCUT2D eigenvalue weighted by Gasteiger charge is -2.14. The van der Waals surface area contributed by atoms with Gasteiger partial charge >= 0.3 is 5.97 Å². The summed E-state index contributed by atoms with van der Waals surface area (Å²) in [6.07, 6.45) is 0.395. The summed E-state index contributed by atoms with van der Waals surface area (Å²) >= 11 is 0. The molecule has 0 aromatic heterocycles. The number of carboxylic acid groups (broad SMARTS) is 1. The highest BCUT2D eigenvalue weighted by molar-refractivity contribution is 7.85. The van der Waals surface area contributed by atoms with Gasteiger partial charge in [0.2, 0.25) is 0 Å². The highest BCUT2D eigenvalue weighted by Gasteiger charge is 2.23. The van der Waals surface area contributed by atoms with Crippen LogP contribution in [0, 0.1) is 20.8 Å². The van der Waals surface area contributed by atoms with Gasteiger partial charge in [-0.25, -0.2) is 0 Å². The Bertz CT molecular complexity index is 457. The molecule has 18 heavy (non-hydrogen) atoms. The maximum Gasteiger partial charge on any atom is 0.319 e. The number of hydrogen-bond donors (Lipinski definition) is 1. The Kier molecular flexibility index (Phi) is 5.08. The van der Waals surface area contributed by atoms with Crippen LogP contribution in [0.15, 0.2) is 12.1 Å². The van der Waals surface area contributed by atoms with Gasteiger partial charge in [0.1, 0.15) is 5.25 Å². The molecule has 0 saturated heterocycles. The number of rotatable bonds is 5. The van der Waals surface area contributed by atoms with Crippen molar-refractivity contribution >= 4 is 16.8 Å². The molecular weight excluding hydrogens is 248 g/mol. The Hall–Kier alpha value is -1.16. The summed E-state index contributed by atoms with van der Waals surface area (Å²) in [5.74, 6) is -0.652. The fourth-order valence-corrected chi connectivity index (χ4v) is 3.69. The fourth-order valence-electron chi connectivity index (χ4n) is 2.15. The highest BCUT2D eigenvalue weighted by atomic mass is 32.2. The summed E-state index contributed by atoms with van der Waals surface area (Å²) in [6, 6.07) is 4.09. The monoisotopic (exact) mass is 268 g/mol. The van der Waals surface area contributed by atoms with Crippen molar-refractivity contribution in [3.63, 3.8) is 0 Å². The van der Waals surface area contributed by atoms with E-state index in [1.165, 1.54) is 5.56 Å². The zero-order valence-electron chi connectivity index (χ0n) is 11.3. The summed E-state index contributed by atoms with van der Waals surface area (Å²) in [4.78, 5) is 11.0. The van der Waals surface area contributed by atoms with Crippen molar-refractivity contribution in [3.05, 3.63) is 34.4 Å². The molecule has 3 nitrogen and oxygen atoms in total. The first-order valence-corrected chi connectivity index (χ1v) is 7.41. The minimum absolute atomic E-state index is 0.322. The molecule has 0 radical (unpaired) electrons. The molecule has 0 bridgehead atoms. The molecule has 0 amide bonds. The lowest BCUT2D eigenvalue weighted by Crippen LogP contribution is -2.26. The average molecular weight is 268 g/mol. The van der Waals surface area contributed by atoms with E-state index in [0.717, 1.165) is 16.7 Å². The molecule has 100 valence electrons. The van der Waals surface area contributed by atoms with Gasteiger partial charge in [0.05, 0.1) is 0 Å². The molecule has 0 aliphatic heterocycles. The third-order valence-corrected chi connectivity index (χ3v) is 4.83. The van der Waals surface area contributed by atoms with Crippen LogP contribution in [0.3, 0.4) is 0 Å². The molecule has 0 fully saturated rings. The fraction of sp³-hybridized carbons (Fsp3) is 0.500. The Morgan fingerprint density at radius 3 is 2.17 bits per heavy atom. The molecule has 0 aliphatic rings. The van der Waals surface area contributed by atoms with Crippen molar-refractivity contribution in [1.82, 2.24) is 0 Å². The molecule has 1 N–H and O–H groups in total. The molecule has 1 aromatic rings. The van der Waals surface area contributed by atoms with Gasteiger partial charge in [-0.1, -0.05) is 24.6 Å². The quantitative estimate of drug-likeness (QED) is 0.893. The number of hydrogen-bond acceptors (Lipinski definition) is 2. The second kappa shape index (κ2) is 6.14. The Morgan fingerprint density at radius 2 is 1.78 bits per heavy atom. The van der Waals surface area contributed by atoms with Crippen molar-refractivity contribution in [1.29, 1.82) is 0 Å².